The molecule has 0 aliphatic carbocycles. The summed E-state index contributed by atoms with van der Waals surface area (Å²) in [4.78, 5) is 4.85. The number of thiophene rings is 1. The van der Waals surface area contributed by atoms with Gasteiger partial charge in [0.1, 0.15) is 0 Å². The normalized spacial score (nSPS) is 12.1. The van der Waals surface area contributed by atoms with Crippen molar-refractivity contribution in [3.05, 3.63) is 91.1 Å². The number of rotatable bonds is 0. The summed E-state index contributed by atoms with van der Waals surface area (Å²) < 4.78 is 2.61. The predicted molar refractivity (Wildman–Crippen MR) is 127 cm³/mol. The van der Waals surface area contributed by atoms with Gasteiger partial charge in [-0.1, -0.05) is 78.9 Å². The number of nitrogens with zero attached hydrogens (tertiary/aromatic N) is 1. The molecule has 0 bridgehead atoms. The Morgan fingerprint density at radius 1 is 0.517 bits per heavy atom. The molecule has 2 aromatic heterocycles. The van der Waals surface area contributed by atoms with Crippen molar-refractivity contribution in [2.75, 3.05) is 0 Å². The van der Waals surface area contributed by atoms with E-state index in [1.807, 2.05) is 17.5 Å². The van der Waals surface area contributed by atoms with Gasteiger partial charge in [0.05, 0.1) is 10.2 Å². The smallest absolute Gasteiger partial charge is 0.0716 e. The Labute approximate surface area is 170 Å². The lowest BCUT2D eigenvalue weighted by molar-refractivity contribution is 1.46. The molecule has 0 spiro atoms. The van der Waals surface area contributed by atoms with Crippen molar-refractivity contribution in [2.24, 2.45) is 0 Å². The second-order valence-electron chi connectivity index (χ2n) is 7.61. The molecule has 1 nitrogen and oxygen atoms in total. The highest BCUT2D eigenvalue weighted by atomic mass is 32.1. The van der Waals surface area contributed by atoms with E-state index in [0.717, 1.165) is 5.52 Å². The monoisotopic (exact) mass is 385 g/mol. The molecule has 7 rings (SSSR count). The molecular formula is C27H15NS. The maximum absolute atomic E-state index is 4.85. The van der Waals surface area contributed by atoms with E-state index in [-0.39, 0.29) is 0 Å². The van der Waals surface area contributed by atoms with Gasteiger partial charge in [0.25, 0.3) is 0 Å². The fourth-order valence-corrected chi connectivity index (χ4v) is 5.98. The molecule has 0 unspecified atom stereocenters. The molecule has 0 radical (unpaired) electrons. The van der Waals surface area contributed by atoms with Gasteiger partial charge < -0.3 is 0 Å². The van der Waals surface area contributed by atoms with Crippen molar-refractivity contribution in [3.8, 4) is 0 Å². The van der Waals surface area contributed by atoms with Gasteiger partial charge in [0.2, 0.25) is 0 Å². The molecule has 29 heavy (non-hydrogen) atoms. The van der Waals surface area contributed by atoms with Gasteiger partial charge in [-0.15, -0.1) is 11.3 Å². The third-order valence-electron chi connectivity index (χ3n) is 6.07. The van der Waals surface area contributed by atoms with E-state index in [2.05, 4.69) is 84.9 Å². The van der Waals surface area contributed by atoms with Gasteiger partial charge >= 0.3 is 0 Å². The Balaban J connectivity index is 1.83. The quantitative estimate of drug-likeness (QED) is 0.241. The first-order valence-electron chi connectivity index (χ1n) is 9.82. The van der Waals surface area contributed by atoms with Gasteiger partial charge in [0.15, 0.2) is 0 Å². The first-order valence-corrected chi connectivity index (χ1v) is 10.6. The second kappa shape index (κ2) is 5.53. The third kappa shape index (κ3) is 2.01. The number of pyridine rings is 1. The van der Waals surface area contributed by atoms with Crippen LogP contribution in [0, 0.1) is 0 Å². The zero-order chi connectivity index (χ0) is 18.9. The number of benzene rings is 5. The molecule has 0 aliphatic rings. The Morgan fingerprint density at radius 3 is 2.10 bits per heavy atom. The molecule has 0 amide bonds. The van der Waals surface area contributed by atoms with Crippen LogP contribution in [0.3, 0.4) is 0 Å². The Morgan fingerprint density at radius 2 is 1.21 bits per heavy atom. The van der Waals surface area contributed by atoms with E-state index in [9.17, 15) is 0 Å². The fraction of sp³-hybridized carbons (Fsp3) is 0. The Kier molecular flexibility index (Phi) is 2.94. The predicted octanol–water partition coefficient (Wildman–Crippen LogP) is 8.06. The largest absolute Gasteiger partial charge is 0.255 e. The van der Waals surface area contributed by atoms with Gasteiger partial charge in [-0.3, -0.25) is 4.98 Å². The average molecular weight is 385 g/mol. The molecule has 0 N–H and O–H groups in total. The van der Waals surface area contributed by atoms with Crippen molar-refractivity contribution in [1.29, 1.82) is 0 Å². The minimum absolute atomic E-state index is 1.06. The number of hydrogen-bond acceptors (Lipinski definition) is 2. The topological polar surface area (TPSA) is 12.9 Å². The van der Waals surface area contributed by atoms with Crippen LogP contribution in [-0.2, 0) is 0 Å². The highest BCUT2D eigenvalue weighted by molar-refractivity contribution is 7.26. The van der Waals surface area contributed by atoms with E-state index in [0.29, 0.717) is 0 Å². The summed E-state index contributed by atoms with van der Waals surface area (Å²) in [6.45, 7) is 0. The van der Waals surface area contributed by atoms with Gasteiger partial charge in [0, 0.05) is 27.1 Å². The molecule has 0 atom stereocenters. The minimum Gasteiger partial charge on any atom is -0.255 e. The van der Waals surface area contributed by atoms with E-state index in [1.165, 1.54) is 57.9 Å². The van der Waals surface area contributed by atoms with Crippen molar-refractivity contribution >= 4 is 74.7 Å². The molecule has 2 heterocycles. The first-order chi connectivity index (χ1) is 14.4. The second-order valence-corrected chi connectivity index (χ2v) is 8.66. The van der Waals surface area contributed by atoms with Crippen LogP contribution < -0.4 is 0 Å². The maximum atomic E-state index is 4.85. The average Bonchev–Trinajstić information content (AvgIpc) is 3.18. The lowest BCUT2D eigenvalue weighted by Gasteiger charge is -2.09. The fourth-order valence-electron chi connectivity index (χ4n) is 4.77. The standard InChI is InChI=1S/C27H15NS/c1-3-7-19-16(5-1)9-10-18-12-14-22-26(24(18)19)25-21-13-11-17-6-2-4-8-20(17)27(21)29-23(25)15-28-22/h1-15H. The van der Waals surface area contributed by atoms with Gasteiger partial charge in [-0.2, -0.15) is 0 Å². The minimum atomic E-state index is 1.06. The third-order valence-corrected chi connectivity index (χ3v) is 7.24. The molecule has 0 saturated heterocycles. The van der Waals surface area contributed by atoms with Crippen molar-refractivity contribution in [3.63, 3.8) is 0 Å². The molecule has 5 aromatic carbocycles. The number of fused-ring (bicyclic) bond motifs is 11. The van der Waals surface area contributed by atoms with Crippen LogP contribution in [-0.4, -0.2) is 4.98 Å². The van der Waals surface area contributed by atoms with Crippen LogP contribution in [0.1, 0.15) is 0 Å². The summed E-state index contributed by atoms with van der Waals surface area (Å²) in [6, 6.07) is 30.7. The highest BCUT2D eigenvalue weighted by Crippen LogP contribution is 2.44. The summed E-state index contributed by atoms with van der Waals surface area (Å²) >= 11 is 1.86. The van der Waals surface area contributed by atoms with Crippen molar-refractivity contribution in [2.45, 2.75) is 0 Å². The van der Waals surface area contributed by atoms with Crippen LogP contribution in [0.2, 0.25) is 0 Å². The summed E-state index contributed by atoms with van der Waals surface area (Å²) in [6.07, 6.45) is 2.05. The van der Waals surface area contributed by atoms with Crippen molar-refractivity contribution in [1.82, 2.24) is 4.98 Å². The molecule has 0 saturated carbocycles. The van der Waals surface area contributed by atoms with E-state index >= 15 is 0 Å². The van der Waals surface area contributed by atoms with E-state index in [4.69, 9.17) is 4.98 Å². The molecule has 7 aromatic rings. The Hall–Kier alpha value is -3.49. The SMILES string of the molecule is c1ccc2c(c1)ccc1c2sc2cnc3ccc4ccc5ccccc5c4c3c21. The summed E-state index contributed by atoms with van der Waals surface area (Å²) in [5, 5.41) is 11.7. The van der Waals surface area contributed by atoms with Gasteiger partial charge in [-0.05, 0) is 38.4 Å². The summed E-state index contributed by atoms with van der Waals surface area (Å²) in [5.41, 5.74) is 1.06. The van der Waals surface area contributed by atoms with Crippen LogP contribution in [0.4, 0.5) is 0 Å². The zero-order valence-corrected chi connectivity index (χ0v) is 16.3. The molecule has 2 heteroatoms. The maximum Gasteiger partial charge on any atom is 0.0716 e. The van der Waals surface area contributed by atoms with Crippen LogP contribution in [0.5, 0.6) is 0 Å². The van der Waals surface area contributed by atoms with Gasteiger partial charge in [-0.25, -0.2) is 0 Å². The van der Waals surface area contributed by atoms with E-state index in [1.54, 1.807) is 0 Å². The number of aromatic nitrogens is 1. The summed E-state index contributed by atoms with van der Waals surface area (Å²) in [5.74, 6) is 0. The lowest BCUT2D eigenvalue weighted by Crippen LogP contribution is -1.84. The Bertz CT molecular complexity index is 1750. The van der Waals surface area contributed by atoms with Crippen molar-refractivity contribution < 1.29 is 0 Å². The highest BCUT2D eigenvalue weighted by Gasteiger charge is 2.15. The van der Waals surface area contributed by atoms with Crippen LogP contribution in [0.25, 0.3) is 63.4 Å². The molecular weight excluding hydrogens is 370 g/mol. The lowest BCUT2D eigenvalue weighted by atomic mass is 9.95. The van der Waals surface area contributed by atoms with Crippen LogP contribution >= 0.6 is 11.3 Å². The number of hydrogen-bond donors (Lipinski definition) is 0. The first kappa shape index (κ1) is 15.4. The zero-order valence-electron chi connectivity index (χ0n) is 15.5. The summed E-state index contributed by atoms with van der Waals surface area (Å²) in [7, 11) is 0. The molecule has 0 aliphatic heterocycles. The van der Waals surface area contributed by atoms with Crippen LogP contribution in [0.15, 0.2) is 91.1 Å². The molecule has 0 fully saturated rings. The van der Waals surface area contributed by atoms with E-state index < -0.39 is 0 Å². The molecule has 134 valence electrons.